The lowest BCUT2D eigenvalue weighted by atomic mass is 9.66. The van der Waals surface area contributed by atoms with Crippen LogP contribution in [-0.4, -0.2) is 15.0 Å². The third-order valence-corrected chi connectivity index (χ3v) is 13.6. The van der Waals surface area contributed by atoms with E-state index in [1.807, 2.05) is 18.2 Å². The summed E-state index contributed by atoms with van der Waals surface area (Å²) in [6.07, 6.45) is 5.05. The molecule has 0 radical (unpaired) electrons. The normalized spacial score (nSPS) is 18.1. The van der Waals surface area contributed by atoms with E-state index < -0.39 is 5.41 Å². The van der Waals surface area contributed by atoms with Crippen molar-refractivity contribution >= 4 is 0 Å². The van der Waals surface area contributed by atoms with Crippen molar-refractivity contribution in [3.05, 3.63) is 198 Å². The topological polar surface area (TPSA) is 47.9 Å². The van der Waals surface area contributed by atoms with Crippen molar-refractivity contribution in [2.75, 3.05) is 0 Å². The molecule has 60 heavy (non-hydrogen) atoms. The fourth-order valence-electron chi connectivity index (χ4n) is 11.0. The Morgan fingerprint density at radius 3 is 1.60 bits per heavy atom. The summed E-state index contributed by atoms with van der Waals surface area (Å²) in [6, 6.07) is 60.8. The second-order valence-corrected chi connectivity index (χ2v) is 17.7. The van der Waals surface area contributed by atoms with Crippen LogP contribution in [0.3, 0.4) is 0 Å². The van der Waals surface area contributed by atoms with Crippen LogP contribution in [0.1, 0.15) is 74.3 Å². The first-order valence-electron chi connectivity index (χ1n) is 21.5. The largest absolute Gasteiger partial charge is 0.457 e. The lowest BCUT2D eigenvalue weighted by Gasteiger charge is -2.39. The number of aromatic nitrogens is 3. The molecule has 292 valence electrons. The number of ether oxygens (including phenoxy) is 1. The molecule has 1 saturated carbocycles. The van der Waals surface area contributed by atoms with Gasteiger partial charge in [-0.2, -0.15) is 0 Å². The van der Waals surface area contributed by atoms with Gasteiger partial charge < -0.3 is 4.74 Å². The van der Waals surface area contributed by atoms with Crippen molar-refractivity contribution in [2.24, 2.45) is 11.8 Å². The van der Waals surface area contributed by atoms with Crippen molar-refractivity contribution in [1.29, 1.82) is 0 Å². The number of para-hydroxylation sites is 2. The summed E-state index contributed by atoms with van der Waals surface area (Å²) in [5, 5.41) is 0. The lowest BCUT2D eigenvalue weighted by molar-refractivity contribution is 0.333. The highest BCUT2D eigenvalue weighted by molar-refractivity contribution is 5.97. The molecule has 0 N–H and O–H groups in total. The van der Waals surface area contributed by atoms with Crippen LogP contribution in [0.4, 0.5) is 0 Å². The van der Waals surface area contributed by atoms with Crippen LogP contribution in [0.15, 0.2) is 170 Å². The Labute approximate surface area is 353 Å². The van der Waals surface area contributed by atoms with Gasteiger partial charge in [-0.1, -0.05) is 185 Å². The summed E-state index contributed by atoms with van der Waals surface area (Å²) in [5.74, 6) is 5.22. The minimum absolute atomic E-state index is 0.156. The number of hydrogen-bond donors (Lipinski definition) is 0. The Kier molecular flexibility index (Phi) is 8.67. The maximum absolute atomic E-state index is 6.59. The van der Waals surface area contributed by atoms with Crippen LogP contribution in [0, 0.1) is 11.8 Å². The molecule has 1 aromatic heterocycles. The van der Waals surface area contributed by atoms with E-state index in [9.17, 15) is 0 Å². The summed E-state index contributed by atoms with van der Waals surface area (Å²) >= 11 is 0. The predicted octanol–water partition coefficient (Wildman–Crippen LogP) is 14.1. The van der Waals surface area contributed by atoms with Gasteiger partial charge in [-0.3, -0.25) is 0 Å². The summed E-state index contributed by atoms with van der Waals surface area (Å²) in [7, 11) is 0. The smallest absolute Gasteiger partial charge is 0.164 e. The number of benzene rings is 7. The molecule has 0 saturated heterocycles. The van der Waals surface area contributed by atoms with Crippen LogP contribution in [-0.2, 0) is 10.8 Å². The van der Waals surface area contributed by atoms with Crippen LogP contribution >= 0.6 is 0 Å². The molecule has 1 fully saturated rings. The molecule has 2 heterocycles. The van der Waals surface area contributed by atoms with Gasteiger partial charge in [-0.25, -0.2) is 15.0 Å². The Bertz CT molecular complexity index is 2860. The molecule has 4 nitrogen and oxygen atoms in total. The van der Waals surface area contributed by atoms with Gasteiger partial charge in [-0.05, 0) is 87.2 Å². The molecular formula is C56H47N3O. The van der Waals surface area contributed by atoms with E-state index in [0.717, 1.165) is 56.7 Å². The SMILES string of the molecule is C[C@H]1CC[C@H](C)CC(C)(c2ccc(-c3nc(-c4ccccc4)nc(-c4cccc(-c5cccc6c5-c5ccccc5C65c6ccccc6Oc6ccccc65)c4)n3)cc2)C1. The first-order valence-corrected chi connectivity index (χ1v) is 21.5. The van der Waals surface area contributed by atoms with E-state index >= 15 is 0 Å². The van der Waals surface area contributed by atoms with Crippen LogP contribution in [0.5, 0.6) is 11.5 Å². The van der Waals surface area contributed by atoms with Gasteiger partial charge in [0.1, 0.15) is 11.5 Å². The molecule has 0 unspecified atom stereocenters. The monoisotopic (exact) mass is 777 g/mol. The zero-order chi connectivity index (χ0) is 40.4. The first kappa shape index (κ1) is 36.4. The molecular weight excluding hydrogens is 731 g/mol. The molecule has 11 rings (SSSR count). The second kappa shape index (κ2) is 14.3. The molecule has 3 aliphatic rings. The van der Waals surface area contributed by atoms with Crippen molar-refractivity contribution in [3.63, 3.8) is 0 Å². The van der Waals surface area contributed by atoms with Crippen molar-refractivity contribution in [3.8, 4) is 67.9 Å². The minimum Gasteiger partial charge on any atom is -0.457 e. The van der Waals surface area contributed by atoms with Crippen LogP contribution in [0.25, 0.3) is 56.4 Å². The molecule has 0 bridgehead atoms. The zero-order valence-electron chi connectivity index (χ0n) is 34.4. The number of rotatable bonds is 5. The third kappa shape index (κ3) is 5.84. The average molecular weight is 778 g/mol. The van der Waals surface area contributed by atoms with Crippen molar-refractivity contribution in [2.45, 2.75) is 57.3 Å². The number of nitrogens with zero attached hydrogens (tertiary/aromatic N) is 3. The highest BCUT2D eigenvalue weighted by Gasteiger charge is 2.51. The zero-order valence-corrected chi connectivity index (χ0v) is 34.4. The highest BCUT2D eigenvalue weighted by atomic mass is 16.5. The van der Waals surface area contributed by atoms with Crippen LogP contribution < -0.4 is 4.74 Å². The molecule has 0 amide bonds. The van der Waals surface area contributed by atoms with E-state index in [1.165, 1.54) is 59.1 Å². The van der Waals surface area contributed by atoms with E-state index in [-0.39, 0.29) is 5.41 Å². The Balaban J connectivity index is 1.05. The quantitative estimate of drug-likeness (QED) is 0.163. The molecule has 8 aromatic rings. The fraction of sp³-hybridized carbons (Fsp3) is 0.196. The van der Waals surface area contributed by atoms with Gasteiger partial charge in [-0.15, -0.1) is 0 Å². The minimum atomic E-state index is -0.529. The summed E-state index contributed by atoms with van der Waals surface area (Å²) < 4.78 is 6.59. The Hall–Kier alpha value is -6.65. The molecule has 2 aliphatic carbocycles. The van der Waals surface area contributed by atoms with E-state index in [0.29, 0.717) is 17.5 Å². The van der Waals surface area contributed by atoms with Gasteiger partial charge in [0.2, 0.25) is 0 Å². The number of hydrogen-bond acceptors (Lipinski definition) is 4. The van der Waals surface area contributed by atoms with Gasteiger partial charge in [0.05, 0.1) is 5.41 Å². The van der Waals surface area contributed by atoms with Gasteiger partial charge in [0, 0.05) is 27.8 Å². The highest BCUT2D eigenvalue weighted by Crippen LogP contribution is 2.63. The third-order valence-electron chi connectivity index (χ3n) is 13.6. The Morgan fingerprint density at radius 1 is 0.450 bits per heavy atom. The Morgan fingerprint density at radius 2 is 0.933 bits per heavy atom. The standard InChI is InChI=1S/C56H47N3O/c1-36-27-28-37(2)35-55(3,34-36)42-31-29-39(30-32-42)53-57-52(38-15-5-4-6-16-38)58-54(59-53)41-18-13-17-40(33-41)43-20-14-24-48-51(43)44-19-7-8-21-45(44)56(48)46-22-9-11-25-49(46)60-50-26-12-10-23-47(50)56/h4-26,29-33,36-37H,27-28,34-35H2,1-3H3/t36-,37-/m0/s1. The molecule has 4 heteroatoms. The summed E-state index contributed by atoms with van der Waals surface area (Å²) in [4.78, 5) is 15.5. The maximum atomic E-state index is 6.59. The van der Waals surface area contributed by atoms with Crippen LogP contribution in [0.2, 0.25) is 0 Å². The lowest BCUT2D eigenvalue weighted by Crippen LogP contribution is -2.32. The second-order valence-electron chi connectivity index (χ2n) is 17.7. The number of fused-ring (bicyclic) bond motifs is 9. The first-order chi connectivity index (χ1) is 29.4. The van der Waals surface area contributed by atoms with Gasteiger partial charge in [0.25, 0.3) is 0 Å². The maximum Gasteiger partial charge on any atom is 0.164 e. The summed E-state index contributed by atoms with van der Waals surface area (Å²) in [6.45, 7) is 7.30. The van der Waals surface area contributed by atoms with E-state index in [2.05, 4.69) is 172 Å². The molecule has 7 aromatic carbocycles. The van der Waals surface area contributed by atoms with E-state index in [4.69, 9.17) is 19.7 Å². The predicted molar refractivity (Wildman–Crippen MR) is 243 cm³/mol. The van der Waals surface area contributed by atoms with Crippen molar-refractivity contribution < 1.29 is 4.74 Å². The van der Waals surface area contributed by atoms with E-state index in [1.54, 1.807) is 0 Å². The fourth-order valence-corrected chi connectivity index (χ4v) is 11.0. The average Bonchev–Trinajstić information content (AvgIpc) is 3.51. The summed E-state index contributed by atoms with van der Waals surface area (Å²) in [5.41, 5.74) is 13.5. The molecule has 1 spiro atoms. The van der Waals surface area contributed by atoms with Gasteiger partial charge >= 0.3 is 0 Å². The van der Waals surface area contributed by atoms with Gasteiger partial charge in [0.15, 0.2) is 17.5 Å². The molecule has 2 atom stereocenters. The van der Waals surface area contributed by atoms with Crippen molar-refractivity contribution in [1.82, 2.24) is 15.0 Å². The molecule has 1 aliphatic heterocycles.